The van der Waals surface area contributed by atoms with Crippen LogP contribution < -0.4 is 10.6 Å². The van der Waals surface area contributed by atoms with Crippen LogP contribution in [0.2, 0.25) is 0 Å². The van der Waals surface area contributed by atoms with E-state index in [4.69, 9.17) is 0 Å². The van der Waals surface area contributed by atoms with Crippen LogP contribution in [0.4, 0.5) is 11.4 Å². The molecule has 0 aliphatic rings. The highest BCUT2D eigenvalue weighted by atomic mass is 16.3. The molecule has 0 aliphatic heterocycles. The number of aromatic hydroxyl groups is 1. The maximum Gasteiger partial charge on any atom is 0.253 e. The maximum atomic E-state index is 12.8. The number of amides is 1. The fourth-order valence-corrected chi connectivity index (χ4v) is 3.59. The number of carbonyl (C=O) groups excluding carboxylic acids is 1. The molecule has 31 heavy (non-hydrogen) atoms. The Balaban J connectivity index is 1.50. The van der Waals surface area contributed by atoms with Crippen molar-refractivity contribution >= 4 is 28.2 Å². The van der Waals surface area contributed by atoms with Gasteiger partial charge < -0.3 is 15.7 Å². The molecule has 156 valence electrons. The first-order chi connectivity index (χ1) is 15.1. The van der Waals surface area contributed by atoms with Crippen LogP contribution in [0.25, 0.3) is 10.9 Å². The van der Waals surface area contributed by atoms with Gasteiger partial charge in [0.05, 0.1) is 11.1 Å². The number of para-hydroxylation sites is 1. The zero-order chi connectivity index (χ0) is 21.6. The van der Waals surface area contributed by atoms with Crippen LogP contribution in [0.3, 0.4) is 0 Å². The van der Waals surface area contributed by atoms with Gasteiger partial charge in [0.1, 0.15) is 5.75 Å². The van der Waals surface area contributed by atoms with E-state index in [1.807, 2.05) is 49.4 Å². The van der Waals surface area contributed by atoms with Crippen molar-refractivity contribution in [3.8, 4) is 5.75 Å². The lowest BCUT2D eigenvalue weighted by Gasteiger charge is -2.14. The van der Waals surface area contributed by atoms with Gasteiger partial charge in [0.2, 0.25) is 0 Å². The smallest absolute Gasteiger partial charge is 0.253 e. The van der Waals surface area contributed by atoms with Crippen molar-refractivity contribution in [1.29, 1.82) is 0 Å². The molecule has 1 aromatic heterocycles. The fraction of sp³-hybridized carbons (Fsp3) is 0.154. The molecular formula is C26H25N3O2. The molecule has 0 unspecified atom stereocenters. The van der Waals surface area contributed by atoms with Crippen molar-refractivity contribution in [2.75, 3.05) is 11.9 Å². The highest BCUT2D eigenvalue weighted by Gasteiger charge is 2.13. The number of aromatic nitrogens is 1. The number of hydrogen-bond donors (Lipinski definition) is 3. The third-order valence-electron chi connectivity index (χ3n) is 5.28. The molecule has 0 saturated carbocycles. The Morgan fingerprint density at radius 2 is 1.81 bits per heavy atom. The van der Waals surface area contributed by atoms with Crippen LogP contribution in [0.1, 0.15) is 27.9 Å². The van der Waals surface area contributed by atoms with E-state index < -0.39 is 0 Å². The highest BCUT2D eigenvalue weighted by molar-refractivity contribution is 6.08. The molecular weight excluding hydrogens is 386 g/mol. The molecule has 0 radical (unpaired) electrons. The molecule has 0 bridgehead atoms. The van der Waals surface area contributed by atoms with Gasteiger partial charge in [0, 0.05) is 35.6 Å². The predicted octanol–water partition coefficient (Wildman–Crippen LogP) is 5.36. The van der Waals surface area contributed by atoms with E-state index in [1.165, 1.54) is 5.56 Å². The number of carbonyl (C=O) groups is 1. The Morgan fingerprint density at radius 1 is 0.968 bits per heavy atom. The van der Waals surface area contributed by atoms with Gasteiger partial charge in [0.15, 0.2) is 0 Å². The first-order valence-corrected chi connectivity index (χ1v) is 10.4. The number of aryl methyl sites for hydroxylation is 2. The van der Waals surface area contributed by atoms with Crippen molar-refractivity contribution < 1.29 is 9.90 Å². The van der Waals surface area contributed by atoms with Crippen molar-refractivity contribution in [2.45, 2.75) is 19.8 Å². The van der Waals surface area contributed by atoms with E-state index in [0.717, 1.165) is 35.2 Å². The van der Waals surface area contributed by atoms with E-state index in [2.05, 4.69) is 27.8 Å². The Labute approximate surface area is 181 Å². The number of pyridine rings is 1. The van der Waals surface area contributed by atoms with Crippen LogP contribution in [0.15, 0.2) is 79.0 Å². The summed E-state index contributed by atoms with van der Waals surface area (Å²) in [7, 11) is 0. The number of phenols is 1. The van der Waals surface area contributed by atoms with Crippen molar-refractivity contribution in [2.24, 2.45) is 0 Å². The summed E-state index contributed by atoms with van der Waals surface area (Å²) >= 11 is 0. The number of hydrogen-bond acceptors (Lipinski definition) is 4. The summed E-state index contributed by atoms with van der Waals surface area (Å²) in [6.07, 6.45) is 3.48. The largest absolute Gasteiger partial charge is 0.508 e. The van der Waals surface area contributed by atoms with Crippen LogP contribution in [-0.4, -0.2) is 22.5 Å². The van der Waals surface area contributed by atoms with Crippen LogP contribution in [0, 0.1) is 6.92 Å². The second-order valence-corrected chi connectivity index (χ2v) is 7.53. The molecule has 3 aromatic carbocycles. The maximum absolute atomic E-state index is 12.8. The minimum atomic E-state index is -0.128. The van der Waals surface area contributed by atoms with Crippen LogP contribution in [-0.2, 0) is 6.42 Å². The number of nitrogens with zero attached hydrogens (tertiary/aromatic N) is 1. The standard InChI is InChI=1S/C26H25N3O2/c1-18-12-13-20(30)17-24(18)29-23-14-16-27-25-21(23)10-5-11-22(25)26(31)28-15-6-9-19-7-3-2-4-8-19/h2-5,7-8,10-14,16-17,30H,6,9,15H2,1H3,(H,27,29)(H,28,31). The molecule has 0 fully saturated rings. The number of phenolic OH excluding ortho intramolecular Hbond substituents is 1. The van der Waals surface area contributed by atoms with Crippen molar-refractivity contribution in [3.63, 3.8) is 0 Å². The quantitative estimate of drug-likeness (QED) is 0.358. The van der Waals surface area contributed by atoms with E-state index >= 15 is 0 Å². The molecule has 5 heteroatoms. The number of nitrogens with one attached hydrogen (secondary N) is 2. The van der Waals surface area contributed by atoms with Gasteiger partial charge in [-0.05, 0) is 49.1 Å². The number of benzene rings is 3. The van der Waals surface area contributed by atoms with Gasteiger partial charge >= 0.3 is 0 Å². The second-order valence-electron chi connectivity index (χ2n) is 7.53. The summed E-state index contributed by atoms with van der Waals surface area (Å²) in [4.78, 5) is 17.3. The van der Waals surface area contributed by atoms with E-state index in [1.54, 1.807) is 24.4 Å². The third kappa shape index (κ3) is 4.83. The minimum Gasteiger partial charge on any atom is -0.508 e. The lowest BCUT2D eigenvalue weighted by atomic mass is 10.1. The van der Waals surface area contributed by atoms with Crippen LogP contribution >= 0.6 is 0 Å². The molecule has 3 N–H and O–H groups in total. The first kappa shape index (κ1) is 20.4. The molecule has 4 rings (SSSR count). The van der Waals surface area contributed by atoms with Gasteiger partial charge in [-0.1, -0.05) is 48.5 Å². The SMILES string of the molecule is Cc1ccc(O)cc1Nc1ccnc2c(C(=O)NCCCc3ccccc3)cccc12. The zero-order valence-electron chi connectivity index (χ0n) is 17.4. The Bertz CT molecular complexity index is 1210. The summed E-state index contributed by atoms with van der Waals surface area (Å²) in [6, 6.07) is 22.9. The van der Waals surface area contributed by atoms with Gasteiger partial charge in [-0.3, -0.25) is 9.78 Å². The van der Waals surface area contributed by atoms with Gasteiger partial charge in [-0.25, -0.2) is 0 Å². The monoisotopic (exact) mass is 411 g/mol. The van der Waals surface area contributed by atoms with E-state index in [0.29, 0.717) is 17.6 Å². The summed E-state index contributed by atoms with van der Waals surface area (Å²) in [5.74, 6) is 0.0684. The Hall–Kier alpha value is -3.86. The van der Waals surface area contributed by atoms with Gasteiger partial charge in [-0.15, -0.1) is 0 Å². The van der Waals surface area contributed by atoms with E-state index in [9.17, 15) is 9.90 Å². The highest BCUT2D eigenvalue weighted by Crippen LogP contribution is 2.30. The molecule has 4 aromatic rings. The molecule has 0 saturated heterocycles. The lowest BCUT2D eigenvalue weighted by Crippen LogP contribution is -2.25. The van der Waals surface area contributed by atoms with Gasteiger partial charge in [-0.2, -0.15) is 0 Å². The zero-order valence-corrected chi connectivity index (χ0v) is 17.4. The molecule has 5 nitrogen and oxygen atoms in total. The van der Waals surface area contributed by atoms with Gasteiger partial charge in [0.25, 0.3) is 5.91 Å². The minimum absolute atomic E-state index is 0.128. The average Bonchev–Trinajstić information content (AvgIpc) is 2.79. The third-order valence-corrected chi connectivity index (χ3v) is 5.28. The Morgan fingerprint density at radius 3 is 2.65 bits per heavy atom. The number of rotatable bonds is 7. The summed E-state index contributed by atoms with van der Waals surface area (Å²) < 4.78 is 0. The van der Waals surface area contributed by atoms with E-state index in [-0.39, 0.29) is 11.7 Å². The summed E-state index contributed by atoms with van der Waals surface area (Å²) in [5, 5.41) is 17.0. The van der Waals surface area contributed by atoms with Crippen molar-refractivity contribution in [3.05, 3.63) is 95.7 Å². The lowest BCUT2D eigenvalue weighted by molar-refractivity contribution is 0.0954. The number of anilines is 2. The molecule has 1 heterocycles. The molecule has 0 spiro atoms. The second kappa shape index (κ2) is 9.30. The van der Waals surface area contributed by atoms with Crippen LogP contribution in [0.5, 0.6) is 5.75 Å². The number of fused-ring (bicyclic) bond motifs is 1. The molecule has 0 aliphatic carbocycles. The average molecular weight is 412 g/mol. The predicted molar refractivity (Wildman–Crippen MR) is 125 cm³/mol. The first-order valence-electron chi connectivity index (χ1n) is 10.4. The van der Waals surface area contributed by atoms with Crippen molar-refractivity contribution in [1.82, 2.24) is 10.3 Å². The summed E-state index contributed by atoms with van der Waals surface area (Å²) in [6.45, 7) is 2.57. The topological polar surface area (TPSA) is 74.2 Å². The molecule has 1 amide bonds. The Kier molecular flexibility index (Phi) is 6.13. The molecule has 0 atom stereocenters. The summed E-state index contributed by atoms with van der Waals surface area (Å²) in [5.41, 5.74) is 5.11. The normalized spacial score (nSPS) is 10.7. The fourth-order valence-electron chi connectivity index (χ4n) is 3.59.